The number of benzene rings is 2. The maximum atomic E-state index is 13.6. The van der Waals surface area contributed by atoms with Crippen molar-refractivity contribution in [1.29, 1.82) is 0 Å². The molecular weight excluding hydrogens is 356 g/mol. The van der Waals surface area contributed by atoms with Crippen molar-refractivity contribution in [3.63, 3.8) is 0 Å². The third-order valence-electron chi connectivity index (χ3n) is 3.95. The first-order chi connectivity index (χ1) is 12.9. The quantitative estimate of drug-likeness (QED) is 0.715. The number of hydrogen-bond donors (Lipinski definition) is 1. The van der Waals surface area contributed by atoms with Crippen LogP contribution in [0.3, 0.4) is 0 Å². The predicted molar refractivity (Wildman–Crippen MR) is 96.0 cm³/mol. The van der Waals surface area contributed by atoms with Crippen LogP contribution in [0.4, 0.5) is 14.5 Å². The van der Waals surface area contributed by atoms with Gasteiger partial charge in [0, 0.05) is 18.5 Å². The van der Waals surface area contributed by atoms with E-state index in [1.165, 1.54) is 17.0 Å². The van der Waals surface area contributed by atoms with E-state index in [4.69, 9.17) is 0 Å². The van der Waals surface area contributed by atoms with Crippen LogP contribution in [0.2, 0.25) is 0 Å². The molecule has 1 aromatic heterocycles. The maximum absolute atomic E-state index is 13.6. The van der Waals surface area contributed by atoms with Crippen LogP contribution < -0.4 is 16.4 Å². The van der Waals surface area contributed by atoms with E-state index in [0.717, 1.165) is 28.3 Å². The van der Waals surface area contributed by atoms with E-state index < -0.39 is 35.2 Å². The number of anilines is 1. The Morgan fingerprint density at radius 3 is 2.52 bits per heavy atom. The summed E-state index contributed by atoms with van der Waals surface area (Å²) in [6, 6.07) is 9.66. The smallest absolute Gasteiger partial charge is 0.320 e. The standard InChI is InChI=1S/C19H15F2N3O3/c1-12-4-2-3-5-16(12)24-9-8-23(18(26)19(24)27)11-17(25)22-15-10-13(20)6-7-14(15)21/h2-10H,11H2,1H3,(H,22,25). The van der Waals surface area contributed by atoms with Gasteiger partial charge in [0.2, 0.25) is 5.91 Å². The number of hydrogen-bond acceptors (Lipinski definition) is 3. The first-order valence-corrected chi connectivity index (χ1v) is 8.00. The van der Waals surface area contributed by atoms with E-state index in [9.17, 15) is 23.2 Å². The minimum atomic E-state index is -0.907. The lowest BCUT2D eigenvalue weighted by atomic mass is 10.2. The Bertz CT molecular complexity index is 1140. The third-order valence-corrected chi connectivity index (χ3v) is 3.95. The maximum Gasteiger partial charge on any atom is 0.320 e. The molecule has 0 spiro atoms. The fourth-order valence-electron chi connectivity index (χ4n) is 2.59. The van der Waals surface area contributed by atoms with Crippen molar-refractivity contribution in [3.05, 3.63) is 92.8 Å². The number of carbonyl (C=O) groups is 1. The lowest BCUT2D eigenvalue weighted by Crippen LogP contribution is -2.41. The van der Waals surface area contributed by atoms with Gasteiger partial charge in [-0.25, -0.2) is 8.78 Å². The summed E-state index contributed by atoms with van der Waals surface area (Å²) in [5.41, 5.74) is -0.720. The van der Waals surface area contributed by atoms with Crippen LogP contribution in [0.25, 0.3) is 5.69 Å². The highest BCUT2D eigenvalue weighted by Crippen LogP contribution is 2.15. The second-order valence-corrected chi connectivity index (χ2v) is 5.87. The molecule has 0 saturated heterocycles. The summed E-state index contributed by atoms with van der Waals surface area (Å²) >= 11 is 0. The summed E-state index contributed by atoms with van der Waals surface area (Å²) in [5.74, 6) is -2.30. The molecule has 3 aromatic rings. The van der Waals surface area contributed by atoms with Crippen molar-refractivity contribution in [2.45, 2.75) is 13.5 Å². The highest BCUT2D eigenvalue weighted by atomic mass is 19.1. The Morgan fingerprint density at radius 2 is 1.78 bits per heavy atom. The highest BCUT2D eigenvalue weighted by molar-refractivity contribution is 5.90. The van der Waals surface area contributed by atoms with Crippen molar-refractivity contribution in [1.82, 2.24) is 9.13 Å². The second kappa shape index (κ2) is 7.36. The minimum Gasteiger partial charge on any atom is -0.322 e. The number of halogens is 2. The molecule has 0 fully saturated rings. The molecule has 0 aliphatic heterocycles. The zero-order valence-corrected chi connectivity index (χ0v) is 14.3. The van der Waals surface area contributed by atoms with E-state index >= 15 is 0 Å². The monoisotopic (exact) mass is 371 g/mol. The van der Waals surface area contributed by atoms with E-state index in [2.05, 4.69) is 5.32 Å². The van der Waals surface area contributed by atoms with Gasteiger partial charge in [0.05, 0.1) is 11.4 Å². The summed E-state index contributed by atoms with van der Waals surface area (Å²) in [7, 11) is 0. The molecule has 3 rings (SSSR count). The number of nitrogens with zero attached hydrogens (tertiary/aromatic N) is 2. The van der Waals surface area contributed by atoms with Gasteiger partial charge in [0.15, 0.2) is 0 Å². The van der Waals surface area contributed by atoms with E-state index in [1.54, 1.807) is 31.2 Å². The van der Waals surface area contributed by atoms with E-state index in [1.807, 2.05) is 0 Å². The first kappa shape index (κ1) is 18.2. The van der Waals surface area contributed by atoms with Gasteiger partial charge < -0.3 is 5.32 Å². The summed E-state index contributed by atoms with van der Waals surface area (Å²) in [4.78, 5) is 36.7. The van der Waals surface area contributed by atoms with Crippen LogP contribution in [0.15, 0.2) is 64.4 Å². The second-order valence-electron chi connectivity index (χ2n) is 5.87. The number of para-hydroxylation sites is 1. The van der Waals surface area contributed by atoms with Crippen molar-refractivity contribution in [3.8, 4) is 5.69 Å². The van der Waals surface area contributed by atoms with Gasteiger partial charge >= 0.3 is 11.1 Å². The molecule has 0 radical (unpaired) electrons. The molecule has 2 aromatic carbocycles. The Labute approximate surface area is 152 Å². The predicted octanol–water partition coefficient (Wildman–Crippen LogP) is 2.22. The van der Waals surface area contributed by atoms with Gasteiger partial charge in [-0.05, 0) is 30.7 Å². The van der Waals surface area contributed by atoms with Crippen LogP contribution in [0, 0.1) is 18.6 Å². The molecule has 138 valence electrons. The average molecular weight is 371 g/mol. The van der Waals surface area contributed by atoms with Crippen LogP contribution in [-0.4, -0.2) is 15.0 Å². The fourth-order valence-corrected chi connectivity index (χ4v) is 2.59. The molecule has 0 saturated carbocycles. The minimum absolute atomic E-state index is 0.346. The van der Waals surface area contributed by atoms with Crippen LogP contribution >= 0.6 is 0 Å². The zero-order valence-electron chi connectivity index (χ0n) is 14.3. The van der Waals surface area contributed by atoms with E-state index in [-0.39, 0.29) is 5.69 Å². The van der Waals surface area contributed by atoms with Crippen molar-refractivity contribution in [2.24, 2.45) is 0 Å². The molecule has 1 heterocycles. The molecule has 27 heavy (non-hydrogen) atoms. The summed E-state index contributed by atoms with van der Waals surface area (Å²) in [5, 5.41) is 2.18. The third kappa shape index (κ3) is 3.84. The Balaban J connectivity index is 1.86. The SMILES string of the molecule is Cc1ccccc1-n1ccn(CC(=O)Nc2cc(F)ccc2F)c(=O)c1=O. The Morgan fingerprint density at radius 1 is 1.04 bits per heavy atom. The number of amides is 1. The normalized spacial score (nSPS) is 10.6. The summed E-state index contributed by atoms with van der Waals surface area (Å²) in [6.07, 6.45) is 2.67. The number of rotatable bonds is 4. The number of aryl methyl sites for hydroxylation is 1. The van der Waals surface area contributed by atoms with Crippen LogP contribution in [-0.2, 0) is 11.3 Å². The average Bonchev–Trinajstić information content (AvgIpc) is 2.63. The number of nitrogens with one attached hydrogen (secondary N) is 1. The topological polar surface area (TPSA) is 73.1 Å². The van der Waals surface area contributed by atoms with Gasteiger partial charge in [0.25, 0.3) is 0 Å². The van der Waals surface area contributed by atoms with Gasteiger partial charge in [-0.15, -0.1) is 0 Å². The molecule has 0 aliphatic rings. The van der Waals surface area contributed by atoms with Crippen molar-refractivity contribution < 1.29 is 13.6 Å². The largest absolute Gasteiger partial charge is 0.322 e. The molecule has 8 heteroatoms. The van der Waals surface area contributed by atoms with E-state index in [0.29, 0.717) is 5.69 Å². The van der Waals surface area contributed by atoms with Gasteiger partial charge in [-0.1, -0.05) is 18.2 Å². The molecular formula is C19H15F2N3O3. The first-order valence-electron chi connectivity index (χ1n) is 8.00. The Hall–Kier alpha value is -3.55. The molecule has 1 N–H and O–H groups in total. The molecule has 0 bridgehead atoms. The van der Waals surface area contributed by atoms with Crippen molar-refractivity contribution in [2.75, 3.05) is 5.32 Å². The van der Waals surface area contributed by atoms with Gasteiger partial charge in [-0.2, -0.15) is 0 Å². The summed E-state index contributed by atoms with van der Waals surface area (Å²) in [6.45, 7) is 1.28. The number of carbonyl (C=O) groups excluding carboxylic acids is 1. The molecule has 0 atom stereocenters. The molecule has 1 amide bonds. The lowest BCUT2D eigenvalue weighted by Gasteiger charge is -2.11. The fraction of sp³-hybridized carbons (Fsp3) is 0.105. The highest BCUT2D eigenvalue weighted by Gasteiger charge is 2.13. The van der Waals surface area contributed by atoms with Gasteiger partial charge in [-0.3, -0.25) is 23.5 Å². The Kier molecular flexibility index (Phi) is 4.98. The molecule has 6 nitrogen and oxygen atoms in total. The van der Waals surface area contributed by atoms with Crippen LogP contribution in [0.1, 0.15) is 5.56 Å². The van der Waals surface area contributed by atoms with Crippen molar-refractivity contribution >= 4 is 11.6 Å². The number of aromatic nitrogens is 2. The molecule has 0 unspecified atom stereocenters. The summed E-state index contributed by atoms with van der Waals surface area (Å²) < 4.78 is 28.8. The lowest BCUT2D eigenvalue weighted by molar-refractivity contribution is -0.116. The zero-order chi connectivity index (χ0) is 19.6. The van der Waals surface area contributed by atoms with Gasteiger partial charge in [0.1, 0.15) is 18.2 Å². The van der Waals surface area contributed by atoms with Crippen LogP contribution in [0.5, 0.6) is 0 Å². The molecule has 0 aliphatic carbocycles.